The minimum Gasteiger partial charge on any atom is -0.372 e. The van der Waals surface area contributed by atoms with Crippen LogP contribution in [0.1, 0.15) is 24.8 Å². The fourth-order valence-electron chi connectivity index (χ4n) is 2.86. The van der Waals surface area contributed by atoms with Gasteiger partial charge < -0.3 is 9.80 Å². The quantitative estimate of drug-likeness (QED) is 0.741. The second-order valence-corrected chi connectivity index (χ2v) is 6.92. The van der Waals surface area contributed by atoms with Gasteiger partial charge in [0.2, 0.25) is 0 Å². The average Bonchev–Trinajstić information content (AvgIpc) is 2.33. The lowest BCUT2D eigenvalue weighted by molar-refractivity contribution is 0.0683. The van der Waals surface area contributed by atoms with E-state index in [9.17, 15) is 0 Å². The van der Waals surface area contributed by atoms with Crippen LogP contribution in [0.25, 0.3) is 0 Å². The van der Waals surface area contributed by atoms with E-state index in [1.807, 2.05) is 0 Å². The van der Waals surface area contributed by atoms with Gasteiger partial charge in [-0.05, 0) is 51.1 Å². The lowest BCUT2D eigenvalue weighted by Crippen LogP contribution is -2.56. The topological polar surface area (TPSA) is 6.48 Å². The van der Waals surface area contributed by atoms with E-state index in [2.05, 4.69) is 65.1 Å². The lowest BCUT2D eigenvalue weighted by atomic mass is 9.75. The Labute approximate surface area is 129 Å². The minimum atomic E-state index is 0.334. The molecule has 1 aromatic rings. The van der Waals surface area contributed by atoms with Gasteiger partial charge in [0.15, 0.2) is 0 Å². The van der Waals surface area contributed by atoms with Crippen molar-refractivity contribution in [1.82, 2.24) is 4.90 Å². The maximum atomic E-state index is 6.06. The molecule has 1 aromatic carbocycles. The molecule has 4 heteroatoms. The molecule has 0 unspecified atom stereocenters. The van der Waals surface area contributed by atoms with Crippen molar-refractivity contribution in [3.63, 3.8) is 0 Å². The van der Waals surface area contributed by atoms with Gasteiger partial charge in [0.25, 0.3) is 0 Å². The number of alkyl halides is 1. The molecular weight excluding hydrogens is 324 g/mol. The van der Waals surface area contributed by atoms with Crippen LogP contribution in [0.3, 0.4) is 0 Å². The van der Waals surface area contributed by atoms with Crippen molar-refractivity contribution in [2.75, 3.05) is 32.6 Å². The van der Waals surface area contributed by atoms with Crippen LogP contribution in [-0.2, 0) is 5.88 Å². The van der Waals surface area contributed by atoms with Crippen molar-refractivity contribution >= 4 is 33.2 Å². The Morgan fingerprint density at radius 3 is 2.42 bits per heavy atom. The van der Waals surface area contributed by atoms with E-state index in [1.165, 1.54) is 30.5 Å². The highest BCUT2D eigenvalue weighted by atomic mass is 79.9. The highest BCUT2D eigenvalue weighted by Crippen LogP contribution is 2.38. The first-order valence-electron chi connectivity index (χ1n) is 6.71. The molecule has 2 nitrogen and oxygen atoms in total. The highest BCUT2D eigenvalue weighted by Gasteiger charge is 2.40. The molecule has 0 aliphatic heterocycles. The van der Waals surface area contributed by atoms with Crippen LogP contribution < -0.4 is 4.90 Å². The van der Waals surface area contributed by atoms with Crippen molar-refractivity contribution in [3.8, 4) is 0 Å². The van der Waals surface area contributed by atoms with E-state index in [4.69, 9.17) is 11.6 Å². The second-order valence-electron chi connectivity index (χ2n) is 5.74. The molecule has 0 N–H and O–H groups in total. The van der Waals surface area contributed by atoms with Gasteiger partial charge in [-0.3, -0.25) is 0 Å². The Bertz CT molecular complexity index is 444. The predicted octanol–water partition coefficient (Wildman–Crippen LogP) is 4.11. The summed E-state index contributed by atoms with van der Waals surface area (Å²) in [4.78, 5) is 4.73. The van der Waals surface area contributed by atoms with E-state index in [1.54, 1.807) is 0 Å². The van der Waals surface area contributed by atoms with Crippen molar-refractivity contribution in [2.24, 2.45) is 0 Å². The van der Waals surface area contributed by atoms with Gasteiger partial charge >= 0.3 is 0 Å². The summed E-state index contributed by atoms with van der Waals surface area (Å²) < 4.78 is 1.11. The largest absolute Gasteiger partial charge is 0.372 e. The number of halogens is 2. The summed E-state index contributed by atoms with van der Waals surface area (Å²) in [6.07, 6.45) is 3.91. The standard InChI is InChI=1S/C15H22BrClN2/c1-18(2)15(7-4-8-15)11-19(3)14-9-13(16)6-5-12(14)10-17/h5-6,9H,4,7-8,10-11H2,1-3H3. The zero-order chi connectivity index (χ0) is 14.0. The van der Waals surface area contributed by atoms with Crippen molar-refractivity contribution in [2.45, 2.75) is 30.7 Å². The molecule has 2 rings (SSSR count). The van der Waals surface area contributed by atoms with E-state index < -0.39 is 0 Å². The van der Waals surface area contributed by atoms with Crippen LogP contribution in [-0.4, -0.2) is 38.1 Å². The lowest BCUT2D eigenvalue weighted by Gasteiger charge is -2.49. The molecule has 0 radical (unpaired) electrons. The van der Waals surface area contributed by atoms with E-state index >= 15 is 0 Å². The Kier molecular flexibility index (Phi) is 4.80. The molecule has 1 saturated carbocycles. The Balaban J connectivity index is 2.19. The van der Waals surface area contributed by atoms with Gasteiger partial charge in [0.05, 0.1) is 0 Å². The fraction of sp³-hybridized carbons (Fsp3) is 0.600. The van der Waals surface area contributed by atoms with E-state index in [0.717, 1.165) is 11.0 Å². The van der Waals surface area contributed by atoms with Crippen LogP contribution in [0.15, 0.2) is 22.7 Å². The third kappa shape index (κ3) is 3.09. The Morgan fingerprint density at radius 1 is 1.26 bits per heavy atom. The Morgan fingerprint density at radius 2 is 1.95 bits per heavy atom. The van der Waals surface area contributed by atoms with E-state index in [0.29, 0.717) is 11.4 Å². The fourth-order valence-corrected chi connectivity index (χ4v) is 3.44. The molecule has 0 aromatic heterocycles. The first kappa shape index (κ1) is 15.1. The number of hydrogen-bond acceptors (Lipinski definition) is 2. The summed E-state index contributed by atoms with van der Waals surface area (Å²) in [5.74, 6) is 0.557. The summed E-state index contributed by atoms with van der Waals surface area (Å²) in [5.41, 5.74) is 2.76. The van der Waals surface area contributed by atoms with Crippen molar-refractivity contribution in [1.29, 1.82) is 0 Å². The van der Waals surface area contributed by atoms with Gasteiger partial charge in [-0.15, -0.1) is 11.6 Å². The summed E-state index contributed by atoms with van der Waals surface area (Å²) in [6.45, 7) is 1.06. The molecule has 0 bridgehead atoms. The molecule has 1 aliphatic rings. The molecular formula is C15H22BrClN2. The molecule has 19 heavy (non-hydrogen) atoms. The van der Waals surface area contributed by atoms with Crippen LogP contribution >= 0.6 is 27.5 Å². The molecule has 1 fully saturated rings. The number of nitrogens with zero attached hydrogens (tertiary/aromatic N) is 2. The van der Waals surface area contributed by atoms with Crippen LogP contribution in [0.5, 0.6) is 0 Å². The van der Waals surface area contributed by atoms with Crippen LogP contribution in [0, 0.1) is 0 Å². The third-order valence-corrected chi connectivity index (χ3v) is 5.15. The second kappa shape index (κ2) is 6.02. The molecule has 0 saturated heterocycles. The number of hydrogen-bond donors (Lipinski definition) is 0. The first-order chi connectivity index (χ1) is 8.98. The maximum Gasteiger partial charge on any atom is 0.0494 e. The highest BCUT2D eigenvalue weighted by molar-refractivity contribution is 9.10. The van der Waals surface area contributed by atoms with Gasteiger partial charge in [-0.2, -0.15) is 0 Å². The molecule has 1 aliphatic carbocycles. The smallest absolute Gasteiger partial charge is 0.0494 e. The normalized spacial score (nSPS) is 17.4. The van der Waals surface area contributed by atoms with Crippen LogP contribution in [0.2, 0.25) is 0 Å². The monoisotopic (exact) mass is 344 g/mol. The molecule has 0 spiro atoms. The van der Waals surface area contributed by atoms with Gasteiger partial charge in [-0.25, -0.2) is 0 Å². The summed E-state index contributed by atoms with van der Waals surface area (Å²) in [5, 5.41) is 0. The number of benzene rings is 1. The summed E-state index contributed by atoms with van der Waals surface area (Å²) >= 11 is 9.61. The Hall–Kier alpha value is -0.250. The van der Waals surface area contributed by atoms with Gasteiger partial charge in [-0.1, -0.05) is 22.0 Å². The molecule has 0 heterocycles. The molecule has 0 amide bonds. The first-order valence-corrected chi connectivity index (χ1v) is 8.04. The van der Waals surface area contributed by atoms with E-state index in [-0.39, 0.29) is 0 Å². The maximum absolute atomic E-state index is 6.06. The average molecular weight is 346 g/mol. The van der Waals surface area contributed by atoms with Gasteiger partial charge in [0, 0.05) is 35.2 Å². The third-order valence-electron chi connectivity index (χ3n) is 4.37. The molecule has 0 atom stereocenters. The summed E-state index contributed by atoms with van der Waals surface area (Å²) in [7, 11) is 6.55. The van der Waals surface area contributed by atoms with Crippen molar-refractivity contribution < 1.29 is 0 Å². The zero-order valence-corrected chi connectivity index (χ0v) is 14.3. The van der Waals surface area contributed by atoms with Gasteiger partial charge in [0.1, 0.15) is 0 Å². The van der Waals surface area contributed by atoms with Crippen molar-refractivity contribution in [3.05, 3.63) is 28.2 Å². The number of rotatable bonds is 5. The zero-order valence-electron chi connectivity index (χ0n) is 11.9. The van der Waals surface area contributed by atoms with Crippen LogP contribution in [0.4, 0.5) is 5.69 Å². The minimum absolute atomic E-state index is 0.334. The molecule has 106 valence electrons. The number of likely N-dealkylation sites (N-methyl/N-ethyl adjacent to an activating group) is 2. The number of anilines is 1. The summed E-state index contributed by atoms with van der Waals surface area (Å²) in [6, 6.07) is 6.33. The predicted molar refractivity (Wildman–Crippen MR) is 87.2 cm³/mol. The SMILES string of the molecule is CN(CC1(N(C)C)CCC1)c1cc(Br)ccc1CCl.